The fourth-order valence-electron chi connectivity index (χ4n) is 1.53. The average molecular weight is 301 g/mol. The third kappa shape index (κ3) is 3.59. The fraction of sp³-hybridized carbons (Fsp3) is 0.231. The molecule has 0 fully saturated rings. The Labute approximate surface area is 117 Å². The van der Waals surface area contributed by atoms with Crippen LogP contribution >= 0.6 is 0 Å². The molecule has 0 atom stereocenters. The zero-order valence-corrected chi connectivity index (χ0v) is 11.1. The Balaban J connectivity index is 2.42. The van der Waals surface area contributed by atoms with Gasteiger partial charge >= 0.3 is 6.18 Å². The highest BCUT2D eigenvalue weighted by Crippen LogP contribution is 2.31. The van der Waals surface area contributed by atoms with E-state index >= 15 is 0 Å². The number of hydrogen-bond donors (Lipinski definition) is 1. The molecule has 0 spiro atoms. The molecule has 21 heavy (non-hydrogen) atoms. The standard InChI is InChI=1S/C13H11F4N3O/c1-7-3-4-8(14)5-9(7)21-11-6-10(18-2)19-12(20-11)13(15,16)17/h3-6H,1-2H3,(H,18,19,20). The largest absolute Gasteiger partial charge is 0.451 e. The van der Waals surface area contributed by atoms with Gasteiger partial charge in [-0.2, -0.15) is 18.2 Å². The first kappa shape index (κ1) is 15.0. The summed E-state index contributed by atoms with van der Waals surface area (Å²) in [4.78, 5) is 6.60. The summed E-state index contributed by atoms with van der Waals surface area (Å²) in [5.41, 5.74) is 0.564. The number of rotatable bonds is 3. The minimum Gasteiger partial charge on any atom is -0.438 e. The number of alkyl halides is 3. The molecule has 1 N–H and O–H groups in total. The number of hydrogen-bond acceptors (Lipinski definition) is 4. The van der Waals surface area contributed by atoms with E-state index in [1.165, 1.54) is 25.2 Å². The van der Waals surface area contributed by atoms with Gasteiger partial charge in [0.25, 0.3) is 0 Å². The van der Waals surface area contributed by atoms with Gasteiger partial charge in [0.05, 0.1) is 0 Å². The van der Waals surface area contributed by atoms with Crippen LogP contribution in [0.1, 0.15) is 11.4 Å². The van der Waals surface area contributed by atoms with Gasteiger partial charge in [0.2, 0.25) is 11.7 Å². The molecular weight excluding hydrogens is 290 g/mol. The van der Waals surface area contributed by atoms with Crippen LogP contribution in [0.5, 0.6) is 11.6 Å². The molecule has 0 amide bonds. The summed E-state index contributed by atoms with van der Waals surface area (Å²) in [5, 5.41) is 2.49. The summed E-state index contributed by atoms with van der Waals surface area (Å²) in [5.74, 6) is -2.19. The van der Waals surface area contributed by atoms with Crippen LogP contribution in [-0.4, -0.2) is 17.0 Å². The van der Waals surface area contributed by atoms with Crippen molar-refractivity contribution in [1.29, 1.82) is 0 Å². The average Bonchev–Trinajstić information content (AvgIpc) is 2.41. The van der Waals surface area contributed by atoms with Crippen molar-refractivity contribution in [3.63, 3.8) is 0 Å². The lowest BCUT2D eigenvalue weighted by Gasteiger charge is -2.12. The smallest absolute Gasteiger partial charge is 0.438 e. The van der Waals surface area contributed by atoms with Crippen LogP contribution in [0.25, 0.3) is 0 Å². The van der Waals surface area contributed by atoms with Crippen molar-refractivity contribution < 1.29 is 22.3 Å². The maximum atomic E-state index is 13.2. The van der Waals surface area contributed by atoms with Crippen LogP contribution in [0.3, 0.4) is 0 Å². The summed E-state index contributed by atoms with van der Waals surface area (Å²) < 4.78 is 56.5. The zero-order valence-electron chi connectivity index (χ0n) is 11.1. The van der Waals surface area contributed by atoms with Crippen molar-refractivity contribution in [1.82, 2.24) is 9.97 Å². The molecule has 0 aliphatic carbocycles. The first-order valence-corrected chi connectivity index (χ1v) is 5.87. The van der Waals surface area contributed by atoms with Crippen molar-refractivity contribution >= 4 is 5.82 Å². The molecule has 0 radical (unpaired) electrons. The maximum Gasteiger partial charge on any atom is 0.451 e. The molecule has 8 heteroatoms. The van der Waals surface area contributed by atoms with Crippen LogP contribution in [0, 0.1) is 12.7 Å². The van der Waals surface area contributed by atoms with Gasteiger partial charge in [-0.25, -0.2) is 9.37 Å². The van der Waals surface area contributed by atoms with Crippen molar-refractivity contribution in [3.8, 4) is 11.6 Å². The maximum absolute atomic E-state index is 13.2. The first-order valence-electron chi connectivity index (χ1n) is 5.87. The number of nitrogens with zero attached hydrogens (tertiary/aromatic N) is 2. The highest BCUT2D eigenvalue weighted by atomic mass is 19.4. The highest BCUT2D eigenvalue weighted by Gasteiger charge is 2.35. The van der Waals surface area contributed by atoms with Crippen molar-refractivity contribution in [2.24, 2.45) is 0 Å². The van der Waals surface area contributed by atoms with Crippen molar-refractivity contribution in [3.05, 3.63) is 41.5 Å². The Morgan fingerprint density at radius 2 is 1.86 bits per heavy atom. The number of ether oxygens (including phenoxy) is 1. The monoisotopic (exact) mass is 301 g/mol. The quantitative estimate of drug-likeness (QED) is 0.877. The molecule has 1 aromatic carbocycles. The van der Waals surface area contributed by atoms with Crippen LogP contribution in [0.4, 0.5) is 23.4 Å². The second-order valence-corrected chi connectivity index (χ2v) is 4.17. The minimum atomic E-state index is -4.71. The van der Waals surface area contributed by atoms with Crippen molar-refractivity contribution in [2.45, 2.75) is 13.1 Å². The van der Waals surface area contributed by atoms with Crippen LogP contribution < -0.4 is 10.1 Å². The summed E-state index contributed by atoms with van der Waals surface area (Å²) >= 11 is 0. The third-order valence-corrected chi connectivity index (χ3v) is 2.58. The summed E-state index contributed by atoms with van der Waals surface area (Å²) in [6, 6.07) is 4.95. The molecule has 0 aliphatic rings. The number of anilines is 1. The van der Waals surface area contributed by atoms with Gasteiger partial charge in [-0.1, -0.05) is 6.07 Å². The van der Waals surface area contributed by atoms with Crippen LogP contribution in [0.2, 0.25) is 0 Å². The van der Waals surface area contributed by atoms with E-state index in [1.807, 2.05) is 0 Å². The van der Waals surface area contributed by atoms with E-state index < -0.39 is 17.8 Å². The second-order valence-electron chi connectivity index (χ2n) is 4.17. The summed E-state index contributed by atoms with van der Waals surface area (Å²) in [7, 11) is 1.42. The molecule has 1 aromatic heterocycles. The molecule has 0 bridgehead atoms. The Morgan fingerprint density at radius 1 is 1.14 bits per heavy atom. The van der Waals surface area contributed by atoms with E-state index in [2.05, 4.69) is 15.3 Å². The lowest BCUT2D eigenvalue weighted by Crippen LogP contribution is -2.13. The van der Waals surface area contributed by atoms with E-state index in [0.29, 0.717) is 5.56 Å². The van der Waals surface area contributed by atoms with Gasteiger partial charge in [-0.05, 0) is 18.6 Å². The molecule has 2 aromatic rings. The van der Waals surface area contributed by atoms with E-state index in [4.69, 9.17) is 4.74 Å². The SMILES string of the molecule is CNc1cc(Oc2cc(F)ccc2C)nc(C(F)(F)F)n1. The predicted molar refractivity (Wildman–Crippen MR) is 67.8 cm³/mol. The molecular formula is C13H11F4N3O. The zero-order chi connectivity index (χ0) is 15.6. The van der Waals surface area contributed by atoms with Gasteiger partial charge in [-0.3, -0.25) is 0 Å². The number of benzene rings is 1. The van der Waals surface area contributed by atoms with E-state index in [-0.39, 0.29) is 17.4 Å². The third-order valence-electron chi connectivity index (χ3n) is 2.58. The number of aryl methyl sites for hydroxylation is 1. The predicted octanol–water partition coefficient (Wildman–Crippen LogP) is 3.78. The van der Waals surface area contributed by atoms with Gasteiger partial charge in [0, 0.05) is 19.2 Å². The van der Waals surface area contributed by atoms with Gasteiger partial charge < -0.3 is 10.1 Å². The molecule has 4 nitrogen and oxygen atoms in total. The van der Waals surface area contributed by atoms with E-state index in [1.54, 1.807) is 6.92 Å². The van der Waals surface area contributed by atoms with Crippen LogP contribution in [0.15, 0.2) is 24.3 Å². The van der Waals surface area contributed by atoms with E-state index in [0.717, 1.165) is 6.07 Å². The molecule has 0 unspecified atom stereocenters. The Morgan fingerprint density at radius 3 is 2.48 bits per heavy atom. The molecule has 0 saturated heterocycles. The topological polar surface area (TPSA) is 47.0 Å². The molecule has 2 rings (SSSR count). The number of halogens is 4. The summed E-state index contributed by atoms with van der Waals surface area (Å²) in [6.45, 7) is 1.64. The molecule has 0 saturated carbocycles. The fourth-order valence-corrected chi connectivity index (χ4v) is 1.53. The van der Waals surface area contributed by atoms with Crippen LogP contribution in [-0.2, 0) is 6.18 Å². The Bertz CT molecular complexity index is 658. The van der Waals surface area contributed by atoms with Crippen molar-refractivity contribution in [2.75, 3.05) is 12.4 Å². The first-order chi connectivity index (χ1) is 9.79. The number of aromatic nitrogens is 2. The summed E-state index contributed by atoms with van der Waals surface area (Å²) in [6.07, 6.45) is -4.71. The molecule has 112 valence electrons. The lowest BCUT2D eigenvalue weighted by atomic mass is 10.2. The van der Waals surface area contributed by atoms with E-state index in [9.17, 15) is 17.6 Å². The van der Waals surface area contributed by atoms with Gasteiger partial charge in [0.15, 0.2) is 0 Å². The minimum absolute atomic E-state index is 0.0543. The molecule has 0 aliphatic heterocycles. The van der Waals surface area contributed by atoms with Gasteiger partial charge in [-0.15, -0.1) is 0 Å². The highest BCUT2D eigenvalue weighted by molar-refractivity contribution is 5.41. The number of nitrogens with one attached hydrogen (secondary N) is 1. The second kappa shape index (κ2) is 5.55. The Kier molecular flexibility index (Phi) is 3.97. The molecule has 1 heterocycles. The Hall–Kier alpha value is -2.38. The van der Waals surface area contributed by atoms with Gasteiger partial charge in [0.1, 0.15) is 17.4 Å². The lowest BCUT2D eigenvalue weighted by molar-refractivity contribution is -0.145. The normalized spacial score (nSPS) is 11.3.